The number of ether oxygens (including phenoxy) is 1. The van der Waals surface area contributed by atoms with Crippen LogP contribution in [0.4, 0.5) is 0 Å². The van der Waals surface area contributed by atoms with Crippen LogP contribution in [0.2, 0.25) is 0 Å². The zero-order valence-electron chi connectivity index (χ0n) is 10.7. The standard InChI is InChI=1S/C16H20O2/c1-2-8-13-9-6-7-12-15(13)18-16(17)14-10-4-3-5-11-14/h2-5,10-11,13,15H,1,6-9,12H2/t13-,15-/m0/s1. The Labute approximate surface area is 109 Å². The molecule has 2 heteroatoms. The van der Waals surface area contributed by atoms with Crippen LogP contribution in [-0.4, -0.2) is 12.1 Å². The molecule has 0 saturated heterocycles. The third kappa shape index (κ3) is 3.22. The van der Waals surface area contributed by atoms with E-state index in [2.05, 4.69) is 6.58 Å². The molecule has 0 aliphatic heterocycles. The molecule has 2 atom stereocenters. The minimum atomic E-state index is -0.198. The Kier molecular flexibility index (Phi) is 4.57. The summed E-state index contributed by atoms with van der Waals surface area (Å²) >= 11 is 0. The summed E-state index contributed by atoms with van der Waals surface area (Å²) in [5.74, 6) is 0.250. The molecule has 18 heavy (non-hydrogen) atoms. The van der Waals surface area contributed by atoms with Crippen LogP contribution in [0.15, 0.2) is 43.0 Å². The van der Waals surface area contributed by atoms with Gasteiger partial charge in [0.1, 0.15) is 6.10 Å². The molecule has 1 aliphatic carbocycles. The summed E-state index contributed by atoms with van der Waals surface area (Å²) < 4.78 is 5.66. The van der Waals surface area contributed by atoms with Crippen LogP contribution in [-0.2, 0) is 4.74 Å². The minimum absolute atomic E-state index is 0.0597. The molecule has 1 saturated carbocycles. The molecule has 0 amide bonds. The summed E-state index contributed by atoms with van der Waals surface area (Å²) in [5, 5.41) is 0. The van der Waals surface area contributed by atoms with E-state index in [0.29, 0.717) is 11.5 Å². The van der Waals surface area contributed by atoms with Crippen molar-refractivity contribution in [3.05, 3.63) is 48.6 Å². The topological polar surface area (TPSA) is 26.3 Å². The average molecular weight is 244 g/mol. The van der Waals surface area contributed by atoms with E-state index in [4.69, 9.17) is 4.74 Å². The molecular weight excluding hydrogens is 224 g/mol. The van der Waals surface area contributed by atoms with Crippen LogP contribution in [0.1, 0.15) is 42.5 Å². The number of carbonyl (C=O) groups excluding carboxylic acids is 1. The number of carbonyl (C=O) groups is 1. The van der Waals surface area contributed by atoms with Gasteiger partial charge >= 0.3 is 5.97 Å². The number of hydrogen-bond donors (Lipinski definition) is 0. The van der Waals surface area contributed by atoms with Crippen molar-refractivity contribution in [2.24, 2.45) is 5.92 Å². The monoisotopic (exact) mass is 244 g/mol. The highest BCUT2D eigenvalue weighted by Crippen LogP contribution is 2.30. The van der Waals surface area contributed by atoms with Gasteiger partial charge in [0.15, 0.2) is 0 Å². The maximum Gasteiger partial charge on any atom is 0.338 e. The molecule has 1 aliphatic rings. The fourth-order valence-electron chi connectivity index (χ4n) is 2.59. The van der Waals surface area contributed by atoms with Gasteiger partial charge in [0.05, 0.1) is 5.56 Å². The number of hydrogen-bond acceptors (Lipinski definition) is 2. The van der Waals surface area contributed by atoms with Crippen LogP contribution in [0.5, 0.6) is 0 Å². The van der Waals surface area contributed by atoms with Crippen molar-refractivity contribution in [1.29, 1.82) is 0 Å². The number of benzene rings is 1. The Morgan fingerprint density at radius 2 is 2.00 bits per heavy atom. The first-order valence-electron chi connectivity index (χ1n) is 6.68. The van der Waals surface area contributed by atoms with E-state index in [1.807, 2.05) is 24.3 Å². The summed E-state index contributed by atoms with van der Waals surface area (Å²) in [5.41, 5.74) is 0.639. The lowest BCUT2D eigenvalue weighted by atomic mass is 9.84. The SMILES string of the molecule is C=CC[C@H]1CCCC[C@@H]1OC(=O)c1ccccc1. The van der Waals surface area contributed by atoms with Gasteiger partial charge in [-0.25, -0.2) is 4.79 Å². The van der Waals surface area contributed by atoms with Crippen molar-refractivity contribution in [2.45, 2.75) is 38.2 Å². The van der Waals surface area contributed by atoms with Crippen LogP contribution in [0, 0.1) is 5.92 Å². The highest BCUT2D eigenvalue weighted by atomic mass is 16.5. The van der Waals surface area contributed by atoms with Crippen LogP contribution in [0.25, 0.3) is 0 Å². The van der Waals surface area contributed by atoms with Crippen LogP contribution >= 0.6 is 0 Å². The Morgan fingerprint density at radius 1 is 1.28 bits per heavy atom. The third-order valence-electron chi connectivity index (χ3n) is 3.58. The molecule has 1 fully saturated rings. The molecule has 96 valence electrons. The second-order valence-corrected chi connectivity index (χ2v) is 4.88. The number of rotatable bonds is 4. The van der Waals surface area contributed by atoms with E-state index in [0.717, 1.165) is 25.7 Å². The third-order valence-corrected chi connectivity index (χ3v) is 3.58. The lowest BCUT2D eigenvalue weighted by Crippen LogP contribution is -2.29. The second kappa shape index (κ2) is 6.39. The lowest BCUT2D eigenvalue weighted by Gasteiger charge is -2.30. The molecule has 1 aromatic rings. The van der Waals surface area contributed by atoms with E-state index in [9.17, 15) is 4.79 Å². The molecule has 0 bridgehead atoms. The molecule has 0 unspecified atom stereocenters. The second-order valence-electron chi connectivity index (χ2n) is 4.88. The first kappa shape index (κ1) is 12.9. The fourth-order valence-corrected chi connectivity index (χ4v) is 2.59. The normalized spacial score (nSPS) is 23.3. The largest absolute Gasteiger partial charge is 0.458 e. The Bertz CT molecular complexity index is 397. The Balaban J connectivity index is 1.98. The molecule has 0 heterocycles. The lowest BCUT2D eigenvalue weighted by molar-refractivity contribution is 0.00196. The van der Waals surface area contributed by atoms with Crippen molar-refractivity contribution < 1.29 is 9.53 Å². The number of esters is 1. The smallest absolute Gasteiger partial charge is 0.338 e. The Morgan fingerprint density at radius 3 is 2.72 bits per heavy atom. The van der Waals surface area contributed by atoms with Crippen molar-refractivity contribution >= 4 is 5.97 Å². The van der Waals surface area contributed by atoms with Gasteiger partial charge in [-0.2, -0.15) is 0 Å². The zero-order chi connectivity index (χ0) is 12.8. The highest BCUT2D eigenvalue weighted by molar-refractivity contribution is 5.89. The molecule has 0 N–H and O–H groups in total. The van der Waals surface area contributed by atoms with Gasteiger partial charge in [-0.05, 0) is 43.7 Å². The van der Waals surface area contributed by atoms with Gasteiger partial charge in [-0.3, -0.25) is 0 Å². The summed E-state index contributed by atoms with van der Waals surface area (Å²) in [6, 6.07) is 9.22. The van der Waals surface area contributed by atoms with Gasteiger partial charge in [-0.15, -0.1) is 6.58 Å². The van der Waals surface area contributed by atoms with Crippen molar-refractivity contribution in [2.75, 3.05) is 0 Å². The van der Waals surface area contributed by atoms with Gasteiger partial charge in [-0.1, -0.05) is 30.7 Å². The molecular formula is C16H20O2. The zero-order valence-corrected chi connectivity index (χ0v) is 10.7. The van der Waals surface area contributed by atoms with E-state index >= 15 is 0 Å². The van der Waals surface area contributed by atoms with Crippen molar-refractivity contribution in [3.8, 4) is 0 Å². The van der Waals surface area contributed by atoms with Crippen LogP contribution in [0.3, 0.4) is 0 Å². The van der Waals surface area contributed by atoms with Crippen molar-refractivity contribution in [3.63, 3.8) is 0 Å². The summed E-state index contributed by atoms with van der Waals surface area (Å²) in [7, 11) is 0. The maximum absolute atomic E-state index is 12.0. The quantitative estimate of drug-likeness (QED) is 0.591. The highest BCUT2D eigenvalue weighted by Gasteiger charge is 2.27. The van der Waals surface area contributed by atoms with Gasteiger partial charge < -0.3 is 4.74 Å². The van der Waals surface area contributed by atoms with E-state index < -0.39 is 0 Å². The van der Waals surface area contributed by atoms with Gasteiger partial charge in [0, 0.05) is 0 Å². The van der Waals surface area contributed by atoms with Gasteiger partial charge in [0.25, 0.3) is 0 Å². The summed E-state index contributed by atoms with van der Waals surface area (Å²) in [6.45, 7) is 3.79. The minimum Gasteiger partial charge on any atom is -0.458 e. The van der Waals surface area contributed by atoms with E-state index in [-0.39, 0.29) is 12.1 Å². The molecule has 2 rings (SSSR count). The molecule has 2 nitrogen and oxygen atoms in total. The molecule has 1 aromatic carbocycles. The fraction of sp³-hybridized carbons (Fsp3) is 0.438. The maximum atomic E-state index is 12.0. The first-order valence-corrected chi connectivity index (χ1v) is 6.68. The summed E-state index contributed by atoms with van der Waals surface area (Å²) in [6.07, 6.45) is 7.43. The predicted molar refractivity (Wildman–Crippen MR) is 72.4 cm³/mol. The molecule has 0 spiro atoms. The van der Waals surface area contributed by atoms with E-state index in [1.54, 1.807) is 12.1 Å². The summed E-state index contributed by atoms with van der Waals surface area (Å²) in [4.78, 5) is 12.0. The average Bonchev–Trinajstić information content (AvgIpc) is 2.42. The van der Waals surface area contributed by atoms with E-state index in [1.165, 1.54) is 6.42 Å². The predicted octanol–water partition coefficient (Wildman–Crippen LogP) is 3.98. The van der Waals surface area contributed by atoms with Gasteiger partial charge in [0.2, 0.25) is 0 Å². The molecule has 0 radical (unpaired) electrons. The molecule has 0 aromatic heterocycles. The first-order chi connectivity index (χ1) is 8.81. The van der Waals surface area contributed by atoms with Crippen LogP contribution < -0.4 is 0 Å². The van der Waals surface area contributed by atoms with Crippen molar-refractivity contribution in [1.82, 2.24) is 0 Å². The number of allylic oxidation sites excluding steroid dienone is 1. The Hall–Kier alpha value is -1.57.